The Hall–Kier alpha value is -1.31. The van der Waals surface area contributed by atoms with Gasteiger partial charge in [0.1, 0.15) is 0 Å². The topological polar surface area (TPSA) is 37.3 Å². The number of carbonyl (C=O) groups is 1. The van der Waals surface area contributed by atoms with Crippen LogP contribution in [0.25, 0.3) is 0 Å². The molecule has 1 rings (SSSR count). The van der Waals surface area contributed by atoms with E-state index in [4.69, 9.17) is 5.11 Å². The molecular formula is C15H22O2. The molecule has 0 aliphatic rings. The van der Waals surface area contributed by atoms with Gasteiger partial charge in [0.25, 0.3) is 0 Å². The molecule has 17 heavy (non-hydrogen) atoms. The van der Waals surface area contributed by atoms with Crippen molar-refractivity contribution in [2.24, 2.45) is 11.3 Å². The van der Waals surface area contributed by atoms with Crippen molar-refractivity contribution in [2.75, 3.05) is 0 Å². The number of hydrogen-bond donors (Lipinski definition) is 1. The highest BCUT2D eigenvalue weighted by Gasteiger charge is 2.30. The summed E-state index contributed by atoms with van der Waals surface area (Å²) in [6.07, 6.45) is 2.20. The van der Waals surface area contributed by atoms with Gasteiger partial charge >= 0.3 is 5.97 Å². The Labute approximate surface area is 104 Å². The second-order valence-corrected chi connectivity index (χ2v) is 5.35. The van der Waals surface area contributed by atoms with E-state index in [1.54, 1.807) is 0 Å². The number of carboxylic acids is 1. The summed E-state index contributed by atoms with van der Waals surface area (Å²) in [7, 11) is 0. The first-order valence-electron chi connectivity index (χ1n) is 6.21. The number of rotatable bonds is 6. The van der Waals surface area contributed by atoms with Crippen LogP contribution >= 0.6 is 0 Å². The highest BCUT2D eigenvalue weighted by molar-refractivity contribution is 5.67. The number of aliphatic carboxylic acids is 1. The fourth-order valence-electron chi connectivity index (χ4n) is 2.41. The SMILES string of the molecule is CCC(Cc1ccccc1)C(C)(C)CC(=O)O. The molecular weight excluding hydrogens is 212 g/mol. The van der Waals surface area contributed by atoms with Crippen LogP contribution in [0.3, 0.4) is 0 Å². The van der Waals surface area contributed by atoms with Crippen LogP contribution in [-0.2, 0) is 11.2 Å². The molecule has 0 spiro atoms. The number of benzene rings is 1. The fourth-order valence-corrected chi connectivity index (χ4v) is 2.41. The van der Waals surface area contributed by atoms with E-state index in [9.17, 15) is 4.79 Å². The van der Waals surface area contributed by atoms with Crippen LogP contribution in [0.1, 0.15) is 39.2 Å². The zero-order chi connectivity index (χ0) is 12.9. The molecule has 0 heterocycles. The van der Waals surface area contributed by atoms with Crippen LogP contribution < -0.4 is 0 Å². The van der Waals surface area contributed by atoms with E-state index >= 15 is 0 Å². The molecule has 0 fully saturated rings. The van der Waals surface area contributed by atoms with Crippen molar-refractivity contribution in [2.45, 2.75) is 40.0 Å². The molecule has 1 N–H and O–H groups in total. The number of carboxylic acid groups (broad SMARTS) is 1. The van der Waals surface area contributed by atoms with Crippen LogP contribution in [-0.4, -0.2) is 11.1 Å². The van der Waals surface area contributed by atoms with Crippen molar-refractivity contribution in [3.05, 3.63) is 35.9 Å². The van der Waals surface area contributed by atoms with Gasteiger partial charge in [0.05, 0.1) is 6.42 Å². The Morgan fingerprint density at radius 2 is 1.88 bits per heavy atom. The van der Waals surface area contributed by atoms with E-state index in [2.05, 4.69) is 32.9 Å². The van der Waals surface area contributed by atoms with Crippen LogP contribution in [0.2, 0.25) is 0 Å². The molecule has 0 aromatic heterocycles. The van der Waals surface area contributed by atoms with E-state index < -0.39 is 5.97 Å². The van der Waals surface area contributed by atoms with E-state index in [0.29, 0.717) is 5.92 Å². The zero-order valence-electron chi connectivity index (χ0n) is 10.9. The highest BCUT2D eigenvalue weighted by atomic mass is 16.4. The van der Waals surface area contributed by atoms with Gasteiger partial charge in [-0.1, -0.05) is 57.5 Å². The minimum absolute atomic E-state index is 0.156. The molecule has 1 aromatic carbocycles. The van der Waals surface area contributed by atoms with Crippen molar-refractivity contribution >= 4 is 5.97 Å². The first kappa shape index (κ1) is 13.8. The quantitative estimate of drug-likeness (QED) is 0.813. The predicted molar refractivity (Wildman–Crippen MR) is 70.0 cm³/mol. The summed E-state index contributed by atoms with van der Waals surface area (Å²) in [5, 5.41) is 8.96. The van der Waals surface area contributed by atoms with Crippen molar-refractivity contribution < 1.29 is 9.90 Å². The molecule has 0 saturated carbocycles. The van der Waals surface area contributed by atoms with E-state index in [0.717, 1.165) is 12.8 Å². The molecule has 1 unspecified atom stereocenters. The van der Waals surface area contributed by atoms with Crippen LogP contribution in [0.4, 0.5) is 0 Å². The summed E-state index contributed by atoms with van der Waals surface area (Å²) in [4.78, 5) is 10.9. The first-order chi connectivity index (χ1) is 7.95. The summed E-state index contributed by atoms with van der Waals surface area (Å²) in [5.74, 6) is -0.303. The van der Waals surface area contributed by atoms with E-state index in [1.165, 1.54) is 5.56 Å². The predicted octanol–water partition coefficient (Wildman–Crippen LogP) is 3.76. The summed E-state index contributed by atoms with van der Waals surface area (Å²) >= 11 is 0. The minimum Gasteiger partial charge on any atom is -0.481 e. The fraction of sp³-hybridized carbons (Fsp3) is 0.533. The molecule has 0 amide bonds. The average molecular weight is 234 g/mol. The lowest BCUT2D eigenvalue weighted by atomic mass is 9.72. The summed E-state index contributed by atoms with van der Waals surface area (Å²) in [6.45, 7) is 6.24. The second kappa shape index (κ2) is 5.85. The third kappa shape index (κ3) is 4.22. The Morgan fingerprint density at radius 3 is 2.35 bits per heavy atom. The normalized spacial score (nSPS) is 13.4. The van der Waals surface area contributed by atoms with Gasteiger partial charge in [-0.25, -0.2) is 0 Å². The van der Waals surface area contributed by atoms with Crippen molar-refractivity contribution in [3.8, 4) is 0 Å². The van der Waals surface area contributed by atoms with Crippen LogP contribution in [0, 0.1) is 11.3 Å². The second-order valence-electron chi connectivity index (χ2n) is 5.35. The van der Waals surface area contributed by atoms with E-state index in [1.807, 2.05) is 18.2 Å². The maximum Gasteiger partial charge on any atom is 0.303 e. The van der Waals surface area contributed by atoms with Gasteiger partial charge in [0.2, 0.25) is 0 Å². The molecule has 2 heteroatoms. The van der Waals surface area contributed by atoms with Gasteiger partial charge in [-0.05, 0) is 23.3 Å². The molecule has 94 valence electrons. The third-order valence-corrected chi connectivity index (χ3v) is 3.53. The molecule has 0 aliphatic carbocycles. The molecule has 0 radical (unpaired) electrons. The lowest BCUT2D eigenvalue weighted by Crippen LogP contribution is -2.28. The molecule has 0 aliphatic heterocycles. The van der Waals surface area contributed by atoms with Crippen LogP contribution in [0.5, 0.6) is 0 Å². The standard InChI is InChI=1S/C15H22O2/c1-4-13(15(2,3)11-14(16)17)10-12-8-6-5-7-9-12/h5-9,13H,4,10-11H2,1-3H3,(H,16,17). The summed E-state index contributed by atoms with van der Waals surface area (Å²) in [5.41, 5.74) is 1.13. The van der Waals surface area contributed by atoms with Gasteiger partial charge in [0, 0.05) is 0 Å². The van der Waals surface area contributed by atoms with Crippen LogP contribution in [0.15, 0.2) is 30.3 Å². The summed E-state index contributed by atoms with van der Waals surface area (Å²) in [6, 6.07) is 10.3. The Bertz CT molecular complexity index is 354. The maximum atomic E-state index is 10.9. The molecule has 2 nitrogen and oxygen atoms in total. The van der Waals surface area contributed by atoms with Gasteiger partial charge < -0.3 is 5.11 Å². The van der Waals surface area contributed by atoms with Gasteiger partial charge in [0.15, 0.2) is 0 Å². The molecule has 0 saturated heterocycles. The van der Waals surface area contributed by atoms with Gasteiger partial charge in [-0.3, -0.25) is 4.79 Å². The molecule has 1 atom stereocenters. The lowest BCUT2D eigenvalue weighted by Gasteiger charge is -2.32. The highest BCUT2D eigenvalue weighted by Crippen LogP contribution is 2.35. The Morgan fingerprint density at radius 1 is 1.29 bits per heavy atom. The largest absolute Gasteiger partial charge is 0.481 e. The van der Waals surface area contributed by atoms with E-state index in [-0.39, 0.29) is 11.8 Å². The molecule has 0 bridgehead atoms. The molecule has 1 aromatic rings. The maximum absolute atomic E-state index is 10.9. The van der Waals surface area contributed by atoms with Gasteiger partial charge in [-0.2, -0.15) is 0 Å². The summed E-state index contributed by atoms with van der Waals surface area (Å²) < 4.78 is 0. The van der Waals surface area contributed by atoms with Crippen molar-refractivity contribution in [1.29, 1.82) is 0 Å². The lowest BCUT2D eigenvalue weighted by molar-refractivity contribution is -0.140. The average Bonchev–Trinajstić information content (AvgIpc) is 2.25. The Kier molecular flexibility index (Phi) is 4.73. The third-order valence-electron chi connectivity index (χ3n) is 3.53. The first-order valence-corrected chi connectivity index (χ1v) is 6.21. The zero-order valence-corrected chi connectivity index (χ0v) is 10.9. The van der Waals surface area contributed by atoms with Gasteiger partial charge in [-0.15, -0.1) is 0 Å². The van der Waals surface area contributed by atoms with Crippen molar-refractivity contribution in [1.82, 2.24) is 0 Å². The smallest absolute Gasteiger partial charge is 0.303 e. The minimum atomic E-state index is -0.707. The van der Waals surface area contributed by atoms with Crippen molar-refractivity contribution in [3.63, 3.8) is 0 Å². The Balaban J connectivity index is 2.74. The number of hydrogen-bond acceptors (Lipinski definition) is 1. The monoisotopic (exact) mass is 234 g/mol.